The first-order valence-corrected chi connectivity index (χ1v) is 11.5. The Bertz CT molecular complexity index is 1130. The first kappa shape index (κ1) is 19.0. The smallest absolute Gasteiger partial charge is 0.335 e. The average molecular weight is 416 g/mol. The lowest BCUT2D eigenvalue weighted by Crippen LogP contribution is -2.32. The summed E-state index contributed by atoms with van der Waals surface area (Å²) in [6, 6.07) is 13.4. The fourth-order valence-electron chi connectivity index (χ4n) is 3.33. The van der Waals surface area contributed by atoms with Crippen molar-refractivity contribution in [2.45, 2.75) is 31.1 Å². The zero-order valence-corrected chi connectivity index (χ0v) is 17.1. The van der Waals surface area contributed by atoms with Gasteiger partial charge in [0.1, 0.15) is 5.00 Å². The van der Waals surface area contributed by atoms with Gasteiger partial charge in [-0.15, -0.1) is 11.3 Å². The van der Waals surface area contributed by atoms with E-state index in [4.69, 9.17) is 5.11 Å². The van der Waals surface area contributed by atoms with Gasteiger partial charge in [0.2, 0.25) is 0 Å². The molecule has 1 aromatic heterocycles. The highest BCUT2D eigenvalue weighted by molar-refractivity contribution is 7.93. The van der Waals surface area contributed by atoms with Crippen molar-refractivity contribution in [1.29, 1.82) is 0 Å². The second kappa shape index (κ2) is 7.22. The zero-order valence-electron chi connectivity index (χ0n) is 15.5. The van der Waals surface area contributed by atoms with E-state index in [9.17, 15) is 13.2 Å². The van der Waals surface area contributed by atoms with Crippen molar-refractivity contribution in [2.24, 2.45) is 5.92 Å². The fraction of sp³-hybridized carbons (Fsp3) is 0.286. The maximum Gasteiger partial charge on any atom is 0.335 e. The van der Waals surface area contributed by atoms with Gasteiger partial charge in [-0.1, -0.05) is 31.0 Å². The van der Waals surface area contributed by atoms with Crippen LogP contribution in [0, 0.1) is 12.8 Å². The van der Waals surface area contributed by atoms with Gasteiger partial charge in [0, 0.05) is 11.2 Å². The van der Waals surface area contributed by atoms with Crippen LogP contribution in [0.4, 0.5) is 5.00 Å². The molecule has 3 aromatic rings. The third kappa shape index (κ3) is 3.52. The minimum Gasteiger partial charge on any atom is -0.478 e. The highest BCUT2D eigenvalue weighted by Gasteiger charge is 2.31. The molecule has 2 aromatic carbocycles. The Kier molecular flexibility index (Phi) is 4.89. The van der Waals surface area contributed by atoms with E-state index in [1.165, 1.54) is 39.9 Å². The van der Waals surface area contributed by atoms with Crippen LogP contribution in [0.25, 0.3) is 10.1 Å². The van der Waals surface area contributed by atoms with Crippen LogP contribution in [0.2, 0.25) is 0 Å². The SMILES string of the molecule is Cc1c(N(CCC2CC2)S(=O)(=O)c2ccc(C(=O)O)cc2)sc2ccccc12. The van der Waals surface area contributed by atoms with Crippen molar-refractivity contribution >= 4 is 42.4 Å². The average Bonchev–Trinajstić information content (AvgIpc) is 3.45. The number of carboxylic acid groups (broad SMARTS) is 1. The third-order valence-electron chi connectivity index (χ3n) is 5.17. The van der Waals surface area contributed by atoms with Crippen LogP contribution < -0.4 is 4.31 Å². The molecule has 5 nitrogen and oxygen atoms in total. The Morgan fingerprint density at radius 2 is 1.82 bits per heavy atom. The summed E-state index contributed by atoms with van der Waals surface area (Å²) in [6.07, 6.45) is 3.15. The third-order valence-corrected chi connectivity index (χ3v) is 8.40. The maximum atomic E-state index is 13.5. The molecule has 0 spiro atoms. The topological polar surface area (TPSA) is 74.7 Å². The van der Waals surface area contributed by atoms with E-state index >= 15 is 0 Å². The molecule has 146 valence electrons. The first-order valence-electron chi connectivity index (χ1n) is 9.22. The molecule has 28 heavy (non-hydrogen) atoms. The van der Waals surface area contributed by atoms with Crippen LogP contribution in [0.15, 0.2) is 53.4 Å². The number of aromatic carboxylic acids is 1. The number of hydrogen-bond donors (Lipinski definition) is 1. The van der Waals surface area contributed by atoms with Crippen molar-refractivity contribution in [1.82, 2.24) is 0 Å². The lowest BCUT2D eigenvalue weighted by molar-refractivity contribution is 0.0696. The van der Waals surface area contributed by atoms with Gasteiger partial charge in [-0.25, -0.2) is 13.2 Å². The van der Waals surface area contributed by atoms with Gasteiger partial charge in [-0.2, -0.15) is 0 Å². The van der Waals surface area contributed by atoms with Crippen LogP contribution >= 0.6 is 11.3 Å². The number of sulfonamides is 1. The van der Waals surface area contributed by atoms with Crippen molar-refractivity contribution in [3.8, 4) is 0 Å². The molecule has 0 amide bonds. The van der Waals surface area contributed by atoms with Crippen molar-refractivity contribution in [3.63, 3.8) is 0 Å². The largest absolute Gasteiger partial charge is 0.478 e. The first-order chi connectivity index (χ1) is 13.4. The summed E-state index contributed by atoms with van der Waals surface area (Å²) in [7, 11) is -3.78. The summed E-state index contributed by atoms with van der Waals surface area (Å²) in [5.74, 6) is -0.475. The molecule has 4 rings (SSSR count). The second-order valence-electron chi connectivity index (χ2n) is 7.17. The summed E-state index contributed by atoms with van der Waals surface area (Å²) < 4.78 is 29.5. The summed E-state index contributed by atoms with van der Waals surface area (Å²) >= 11 is 1.49. The zero-order chi connectivity index (χ0) is 19.9. The molecule has 0 bridgehead atoms. The van der Waals surface area contributed by atoms with E-state index in [-0.39, 0.29) is 10.5 Å². The molecule has 1 N–H and O–H groups in total. The number of nitrogens with zero attached hydrogens (tertiary/aromatic N) is 1. The molecule has 0 saturated heterocycles. The summed E-state index contributed by atoms with van der Waals surface area (Å²) in [5.41, 5.74) is 1.03. The van der Waals surface area contributed by atoms with E-state index in [2.05, 4.69) is 0 Å². The lowest BCUT2D eigenvalue weighted by Gasteiger charge is -2.24. The fourth-order valence-corrected chi connectivity index (χ4v) is 6.32. The van der Waals surface area contributed by atoms with Gasteiger partial charge < -0.3 is 5.11 Å². The Labute approximate surface area is 168 Å². The molecule has 1 fully saturated rings. The number of rotatable bonds is 7. The molecule has 0 atom stereocenters. The number of carbonyl (C=O) groups is 1. The molecule has 1 saturated carbocycles. The monoisotopic (exact) mass is 415 g/mol. The van der Waals surface area contributed by atoms with Gasteiger partial charge in [0.05, 0.1) is 10.5 Å². The molecule has 0 radical (unpaired) electrons. The summed E-state index contributed by atoms with van der Waals surface area (Å²) in [6.45, 7) is 2.39. The van der Waals surface area contributed by atoms with Crippen LogP contribution in [0.3, 0.4) is 0 Å². The number of aryl methyl sites for hydroxylation is 1. The van der Waals surface area contributed by atoms with E-state index in [0.29, 0.717) is 12.5 Å². The molecular formula is C21H21NO4S2. The predicted molar refractivity (Wildman–Crippen MR) is 112 cm³/mol. The van der Waals surface area contributed by atoms with Crippen LogP contribution in [0.5, 0.6) is 0 Å². The minimum absolute atomic E-state index is 0.0709. The minimum atomic E-state index is -3.78. The molecule has 1 aliphatic rings. The number of carboxylic acids is 1. The lowest BCUT2D eigenvalue weighted by atomic mass is 10.2. The molecule has 1 heterocycles. The molecule has 1 aliphatic carbocycles. The summed E-state index contributed by atoms with van der Waals surface area (Å²) in [4.78, 5) is 11.2. The number of thiophene rings is 1. The van der Waals surface area contributed by atoms with E-state index in [0.717, 1.165) is 39.9 Å². The molecule has 0 unspecified atom stereocenters. The Morgan fingerprint density at radius 3 is 2.43 bits per heavy atom. The Hall–Kier alpha value is -2.38. The van der Waals surface area contributed by atoms with Crippen molar-refractivity contribution in [2.75, 3.05) is 10.8 Å². The number of anilines is 1. The van der Waals surface area contributed by atoms with E-state index in [1.54, 1.807) is 0 Å². The Morgan fingerprint density at radius 1 is 1.14 bits per heavy atom. The number of hydrogen-bond acceptors (Lipinski definition) is 4. The van der Waals surface area contributed by atoms with Gasteiger partial charge >= 0.3 is 5.97 Å². The highest BCUT2D eigenvalue weighted by Crippen LogP contribution is 2.41. The quantitative estimate of drug-likeness (QED) is 0.595. The maximum absolute atomic E-state index is 13.5. The van der Waals surface area contributed by atoms with Crippen LogP contribution in [-0.4, -0.2) is 26.0 Å². The van der Waals surface area contributed by atoms with Crippen LogP contribution in [-0.2, 0) is 10.0 Å². The molecule has 0 aliphatic heterocycles. The van der Waals surface area contributed by atoms with Crippen molar-refractivity contribution in [3.05, 3.63) is 59.7 Å². The van der Waals surface area contributed by atoms with Gasteiger partial charge in [-0.3, -0.25) is 4.31 Å². The highest BCUT2D eigenvalue weighted by atomic mass is 32.2. The normalized spacial score (nSPS) is 14.3. The molecular weight excluding hydrogens is 394 g/mol. The van der Waals surface area contributed by atoms with Gasteiger partial charge in [0.25, 0.3) is 10.0 Å². The van der Waals surface area contributed by atoms with Crippen molar-refractivity contribution < 1.29 is 18.3 Å². The van der Waals surface area contributed by atoms with Crippen LogP contribution in [0.1, 0.15) is 35.2 Å². The number of benzene rings is 2. The summed E-state index contributed by atoms with van der Waals surface area (Å²) in [5, 5.41) is 10.9. The van der Waals surface area contributed by atoms with E-state index in [1.807, 2.05) is 31.2 Å². The van der Waals surface area contributed by atoms with Gasteiger partial charge in [-0.05, 0) is 60.5 Å². The van der Waals surface area contributed by atoms with E-state index < -0.39 is 16.0 Å². The second-order valence-corrected chi connectivity index (χ2v) is 10.1. The Balaban J connectivity index is 1.77. The number of fused-ring (bicyclic) bond motifs is 1. The standard InChI is InChI=1S/C21H21NO4S2/c1-14-18-4-2-3-5-19(18)27-20(14)22(13-12-15-6-7-15)28(25,26)17-10-8-16(9-11-17)21(23)24/h2-5,8-11,15H,6-7,12-13H2,1H3,(H,23,24). The van der Waals surface area contributed by atoms with Gasteiger partial charge in [0.15, 0.2) is 0 Å². The molecule has 7 heteroatoms. The predicted octanol–water partition coefficient (Wildman–Crippen LogP) is 4.90.